The molecule has 3 N–H and O–H groups in total. The van der Waals surface area contributed by atoms with E-state index in [0.29, 0.717) is 11.7 Å². The zero-order chi connectivity index (χ0) is 15.5. The molecule has 22 heavy (non-hydrogen) atoms. The highest BCUT2D eigenvalue weighted by atomic mass is 16.2. The van der Waals surface area contributed by atoms with E-state index in [1.165, 1.54) is 0 Å². The summed E-state index contributed by atoms with van der Waals surface area (Å²) in [5, 5.41) is 6.03. The van der Waals surface area contributed by atoms with Crippen LogP contribution in [0.2, 0.25) is 0 Å². The highest BCUT2D eigenvalue weighted by Gasteiger charge is 2.20. The maximum atomic E-state index is 12.5. The summed E-state index contributed by atoms with van der Waals surface area (Å²) in [6.07, 6.45) is 5.56. The number of aryl methyl sites for hydroxylation is 1. The Balaban J connectivity index is 1.82. The first kappa shape index (κ1) is 14.6. The second-order valence-corrected chi connectivity index (χ2v) is 5.66. The number of hydrogen-bond acceptors (Lipinski definition) is 3. The van der Waals surface area contributed by atoms with Gasteiger partial charge in [0.25, 0.3) is 11.5 Å². The Morgan fingerprint density at radius 2 is 2.14 bits per heavy atom. The van der Waals surface area contributed by atoms with Gasteiger partial charge in [-0.1, -0.05) is 0 Å². The van der Waals surface area contributed by atoms with Gasteiger partial charge >= 0.3 is 0 Å². The Morgan fingerprint density at radius 1 is 1.36 bits per heavy atom. The summed E-state index contributed by atoms with van der Waals surface area (Å²) < 4.78 is 2.01. The van der Waals surface area contributed by atoms with Gasteiger partial charge in [0.05, 0.1) is 0 Å². The maximum Gasteiger partial charge on any atom is 0.272 e. The van der Waals surface area contributed by atoms with E-state index >= 15 is 0 Å². The number of nitrogens with one attached hydrogen (secondary N) is 3. The summed E-state index contributed by atoms with van der Waals surface area (Å²) in [6, 6.07) is 5.67. The second-order valence-electron chi connectivity index (χ2n) is 5.66. The Hall–Kier alpha value is -2.34. The van der Waals surface area contributed by atoms with Crippen molar-refractivity contribution in [3.63, 3.8) is 0 Å². The zero-order valence-electron chi connectivity index (χ0n) is 12.6. The van der Waals surface area contributed by atoms with Crippen molar-refractivity contribution in [3.05, 3.63) is 52.2 Å². The summed E-state index contributed by atoms with van der Waals surface area (Å²) in [5.74, 6) is -0.250. The van der Waals surface area contributed by atoms with Gasteiger partial charge in [-0.25, -0.2) is 0 Å². The molecule has 0 atom stereocenters. The summed E-state index contributed by atoms with van der Waals surface area (Å²) in [6.45, 7) is 3.78. The fourth-order valence-electron chi connectivity index (χ4n) is 2.86. The van der Waals surface area contributed by atoms with Crippen LogP contribution in [-0.4, -0.2) is 28.5 Å². The third kappa shape index (κ3) is 2.96. The topological polar surface area (TPSA) is 78.9 Å². The van der Waals surface area contributed by atoms with Gasteiger partial charge in [-0.15, -0.1) is 0 Å². The Bertz CT molecular complexity index is 726. The maximum absolute atomic E-state index is 12.5. The molecular formula is C16H20N4O2. The quantitative estimate of drug-likeness (QED) is 0.806. The first-order valence-corrected chi connectivity index (χ1v) is 7.53. The van der Waals surface area contributed by atoms with Gasteiger partial charge in [0.15, 0.2) is 0 Å². The lowest BCUT2D eigenvalue weighted by atomic mass is 10.1. The van der Waals surface area contributed by atoms with Gasteiger partial charge in [0, 0.05) is 18.4 Å². The van der Waals surface area contributed by atoms with E-state index in [9.17, 15) is 9.59 Å². The van der Waals surface area contributed by atoms with Crippen LogP contribution in [0, 0.1) is 6.92 Å². The molecule has 1 saturated heterocycles. The number of aromatic nitrogens is 2. The van der Waals surface area contributed by atoms with Gasteiger partial charge < -0.3 is 20.2 Å². The predicted octanol–water partition coefficient (Wildman–Crippen LogP) is 1.66. The van der Waals surface area contributed by atoms with Gasteiger partial charge in [-0.3, -0.25) is 9.59 Å². The van der Waals surface area contributed by atoms with Crippen molar-refractivity contribution in [2.45, 2.75) is 25.8 Å². The highest BCUT2D eigenvalue weighted by Crippen LogP contribution is 2.21. The van der Waals surface area contributed by atoms with E-state index in [4.69, 9.17) is 0 Å². The molecule has 0 saturated carbocycles. The van der Waals surface area contributed by atoms with Crippen LogP contribution in [-0.2, 0) is 0 Å². The molecule has 2 aromatic rings. The molecule has 1 amide bonds. The smallest absolute Gasteiger partial charge is 0.272 e. The predicted molar refractivity (Wildman–Crippen MR) is 85.3 cm³/mol. The summed E-state index contributed by atoms with van der Waals surface area (Å²) >= 11 is 0. The van der Waals surface area contributed by atoms with Crippen molar-refractivity contribution in [3.8, 4) is 0 Å². The van der Waals surface area contributed by atoms with Crippen molar-refractivity contribution in [2.24, 2.45) is 0 Å². The number of piperidine rings is 1. The minimum Gasteiger partial charge on any atom is -0.340 e. The van der Waals surface area contributed by atoms with Gasteiger partial charge in [-0.2, -0.15) is 0 Å². The molecule has 1 fully saturated rings. The molecule has 6 heteroatoms. The molecule has 0 unspecified atom stereocenters. The molecule has 3 heterocycles. The lowest BCUT2D eigenvalue weighted by Gasteiger charge is -2.25. The number of hydrogen-bond donors (Lipinski definition) is 3. The minimum atomic E-state index is -0.293. The van der Waals surface area contributed by atoms with Crippen molar-refractivity contribution in [1.82, 2.24) is 14.9 Å². The SMILES string of the molecule is Cc1c[nH]c(=O)c(NC(=O)c2cccn2C2CCNCC2)c1. The molecule has 0 bridgehead atoms. The average molecular weight is 300 g/mol. The lowest BCUT2D eigenvalue weighted by Crippen LogP contribution is -2.31. The number of rotatable bonds is 3. The third-order valence-electron chi connectivity index (χ3n) is 4.01. The molecule has 6 nitrogen and oxygen atoms in total. The molecule has 3 rings (SSSR count). The molecule has 1 aliphatic rings. The van der Waals surface area contributed by atoms with Gasteiger partial charge in [0.1, 0.15) is 11.4 Å². The summed E-state index contributed by atoms with van der Waals surface area (Å²) in [7, 11) is 0. The Labute approximate surface area is 128 Å². The molecule has 2 aromatic heterocycles. The average Bonchev–Trinajstić information content (AvgIpc) is 3.01. The first-order valence-electron chi connectivity index (χ1n) is 7.53. The van der Waals surface area contributed by atoms with Crippen LogP contribution in [0.1, 0.15) is 34.9 Å². The van der Waals surface area contributed by atoms with Crippen LogP contribution in [0.15, 0.2) is 35.4 Å². The van der Waals surface area contributed by atoms with Gasteiger partial charge in [-0.05, 0) is 56.6 Å². The van der Waals surface area contributed by atoms with Crippen molar-refractivity contribution in [2.75, 3.05) is 18.4 Å². The molecule has 116 valence electrons. The molecule has 1 aliphatic heterocycles. The molecule has 0 spiro atoms. The molecule has 0 radical (unpaired) electrons. The van der Waals surface area contributed by atoms with Crippen molar-refractivity contribution in [1.29, 1.82) is 0 Å². The molecular weight excluding hydrogens is 280 g/mol. The highest BCUT2D eigenvalue weighted by molar-refractivity contribution is 6.03. The van der Waals surface area contributed by atoms with Crippen LogP contribution in [0.5, 0.6) is 0 Å². The number of carbonyl (C=O) groups is 1. The van der Waals surface area contributed by atoms with Crippen LogP contribution >= 0.6 is 0 Å². The van der Waals surface area contributed by atoms with E-state index in [1.54, 1.807) is 18.3 Å². The summed E-state index contributed by atoms with van der Waals surface area (Å²) in [4.78, 5) is 26.9. The number of aromatic amines is 1. The number of H-pyrrole nitrogens is 1. The van der Waals surface area contributed by atoms with Crippen molar-refractivity contribution < 1.29 is 4.79 Å². The second kappa shape index (κ2) is 6.19. The number of pyridine rings is 1. The standard InChI is InChI=1S/C16H20N4O2/c1-11-9-13(15(21)18-10-11)19-16(22)14-3-2-8-20(14)12-4-6-17-7-5-12/h2-3,8-10,12,17H,4-7H2,1H3,(H,18,21)(H,19,22). The summed E-state index contributed by atoms with van der Waals surface area (Å²) in [5.41, 5.74) is 1.47. The first-order chi connectivity index (χ1) is 10.6. The van der Waals surface area contributed by atoms with E-state index in [0.717, 1.165) is 31.5 Å². The zero-order valence-corrected chi connectivity index (χ0v) is 12.6. The largest absolute Gasteiger partial charge is 0.340 e. The number of anilines is 1. The fourth-order valence-corrected chi connectivity index (χ4v) is 2.86. The van der Waals surface area contributed by atoms with Gasteiger partial charge in [0.2, 0.25) is 0 Å². The lowest BCUT2D eigenvalue weighted by molar-refractivity contribution is 0.101. The van der Waals surface area contributed by atoms with Crippen LogP contribution < -0.4 is 16.2 Å². The third-order valence-corrected chi connectivity index (χ3v) is 4.01. The monoisotopic (exact) mass is 300 g/mol. The number of amides is 1. The number of carbonyl (C=O) groups excluding carboxylic acids is 1. The number of nitrogens with zero attached hydrogens (tertiary/aromatic N) is 1. The molecule has 0 aromatic carbocycles. The fraction of sp³-hybridized carbons (Fsp3) is 0.375. The van der Waals surface area contributed by atoms with E-state index < -0.39 is 0 Å². The Morgan fingerprint density at radius 3 is 2.91 bits per heavy atom. The van der Waals surface area contributed by atoms with Crippen LogP contribution in [0.25, 0.3) is 0 Å². The van der Waals surface area contributed by atoms with E-state index in [2.05, 4.69) is 15.6 Å². The van der Waals surface area contributed by atoms with E-state index in [1.807, 2.05) is 23.8 Å². The minimum absolute atomic E-state index is 0.250. The van der Waals surface area contributed by atoms with Crippen molar-refractivity contribution >= 4 is 11.6 Å². The Kier molecular flexibility index (Phi) is 4.11. The van der Waals surface area contributed by atoms with Crippen LogP contribution in [0.4, 0.5) is 5.69 Å². The van der Waals surface area contributed by atoms with Crippen LogP contribution in [0.3, 0.4) is 0 Å². The normalized spacial score (nSPS) is 15.7. The van der Waals surface area contributed by atoms with E-state index in [-0.39, 0.29) is 17.2 Å². The molecule has 0 aliphatic carbocycles.